The Hall–Kier alpha value is -1.08. The molecule has 15 heavy (non-hydrogen) atoms. The number of nitro groups is 1. The molecule has 1 aromatic heterocycles. The van der Waals surface area contributed by atoms with E-state index in [1.54, 1.807) is 0 Å². The van der Waals surface area contributed by atoms with Crippen molar-refractivity contribution in [3.8, 4) is 0 Å². The Morgan fingerprint density at radius 2 is 1.93 bits per heavy atom. The first-order chi connectivity index (χ1) is 6.75. The molecule has 0 saturated heterocycles. The molecule has 1 rings (SSSR count). The van der Waals surface area contributed by atoms with Crippen LogP contribution in [0.4, 0.5) is 18.9 Å². The summed E-state index contributed by atoms with van der Waals surface area (Å²) in [6, 6.07) is 0. The standard InChI is InChI=1S/C6HCl2F3N2O2/c7-3-2(6(9,10)11)1-12-5(8)4(3)13(14)15/h1H. The molecule has 82 valence electrons. The number of aromatic nitrogens is 1. The number of rotatable bonds is 1. The lowest BCUT2D eigenvalue weighted by molar-refractivity contribution is -0.385. The summed E-state index contributed by atoms with van der Waals surface area (Å²) in [5.74, 6) is 0. The molecule has 0 aliphatic rings. The van der Waals surface area contributed by atoms with E-state index in [2.05, 4.69) is 4.98 Å². The molecule has 9 heteroatoms. The molecule has 0 bridgehead atoms. The molecule has 0 aliphatic carbocycles. The van der Waals surface area contributed by atoms with Crippen LogP contribution in [-0.4, -0.2) is 9.91 Å². The summed E-state index contributed by atoms with van der Waals surface area (Å²) in [5.41, 5.74) is -2.44. The predicted molar refractivity (Wildman–Crippen MR) is 45.9 cm³/mol. The first-order valence-corrected chi connectivity index (χ1v) is 4.06. The van der Waals surface area contributed by atoms with E-state index in [1.165, 1.54) is 0 Å². The Morgan fingerprint density at radius 1 is 1.40 bits per heavy atom. The van der Waals surface area contributed by atoms with Gasteiger partial charge >= 0.3 is 11.9 Å². The summed E-state index contributed by atoms with van der Waals surface area (Å²) >= 11 is 10.4. The van der Waals surface area contributed by atoms with Gasteiger partial charge in [-0.2, -0.15) is 13.2 Å². The molecule has 0 spiro atoms. The van der Waals surface area contributed by atoms with E-state index in [0.717, 1.165) is 0 Å². The Kier molecular flexibility index (Phi) is 3.05. The van der Waals surface area contributed by atoms with Gasteiger partial charge in [0.1, 0.15) is 5.02 Å². The molecule has 0 saturated carbocycles. The smallest absolute Gasteiger partial charge is 0.258 e. The third kappa shape index (κ3) is 2.29. The Bertz CT molecular complexity index is 422. The number of hydrogen-bond donors (Lipinski definition) is 0. The van der Waals surface area contributed by atoms with Crippen LogP contribution in [-0.2, 0) is 6.18 Å². The van der Waals surface area contributed by atoms with Gasteiger partial charge in [-0.3, -0.25) is 10.1 Å². The monoisotopic (exact) mass is 260 g/mol. The largest absolute Gasteiger partial charge is 0.419 e. The van der Waals surface area contributed by atoms with Crippen LogP contribution >= 0.6 is 23.2 Å². The van der Waals surface area contributed by atoms with E-state index in [1.807, 2.05) is 0 Å². The van der Waals surface area contributed by atoms with Crippen LogP contribution in [0.3, 0.4) is 0 Å². The molecule has 0 aromatic carbocycles. The van der Waals surface area contributed by atoms with Crippen LogP contribution in [0.25, 0.3) is 0 Å². The minimum Gasteiger partial charge on any atom is -0.258 e. The van der Waals surface area contributed by atoms with Crippen LogP contribution < -0.4 is 0 Å². The minimum atomic E-state index is -4.81. The SMILES string of the molecule is O=[N+]([O-])c1c(Cl)ncc(C(F)(F)F)c1Cl. The second kappa shape index (κ2) is 3.82. The second-order valence-electron chi connectivity index (χ2n) is 2.38. The van der Waals surface area contributed by atoms with Crippen molar-refractivity contribution >= 4 is 28.9 Å². The van der Waals surface area contributed by atoms with Crippen molar-refractivity contribution in [2.75, 3.05) is 0 Å². The van der Waals surface area contributed by atoms with Crippen molar-refractivity contribution in [2.45, 2.75) is 6.18 Å². The zero-order valence-electron chi connectivity index (χ0n) is 6.68. The fourth-order valence-electron chi connectivity index (χ4n) is 0.810. The van der Waals surface area contributed by atoms with E-state index in [0.29, 0.717) is 6.20 Å². The number of alkyl halides is 3. The first kappa shape index (κ1) is 12.0. The van der Waals surface area contributed by atoms with Gasteiger partial charge in [-0.25, -0.2) is 4.98 Å². The lowest BCUT2D eigenvalue weighted by Crippen LogP contribution is -2.08. The van der Waals surface area contributed by atoms with Crippen LogP contribution in [0.2, 0.25) is 10.2 Å². The Morgan fingerprint density at radius 3 is 2.33 bits per heavy atom. The lowest BCUT2D eigenvalue weighted by Gasteiger charge is -2.08. The zero-order valence-corrected chi connectivity index (χ0v) is 8.19. The normalized spacial score (nSPS) is 11.5. The van der Waals surface area contributed by atoms with Crippen LogP contribution in [0.5, 0.6) is 0 Å². The fraction of sp³-hybridized carbons (Fsp3) is 0.167. The number of nitrogens with zero attached hydrogens (tertiary/aromatic N) is 2. The molecule has 0 aliphatic heterocycles. The molecule has 0 N–H and O–H groups in total. The van der Waals surface area contributed by atoms with Crippen molar-refractivity contribution in [2.24, 2.45) is 0 Å². The van der Waals surface area contributed by atoms with Crippen molar-refractivity contribution in [3.63, 3.8) is 0 Å². The molecule has 0 amide bonds. The van der Waals surface area contributed by atoms with Crippen LogP contribution in [0.1, 0.15) is 5.56 Å². The van der Waals surface area contributed by atoms with Crippen LogP contribution in [0, 0.1) is 10.1 Å². The maximum absolute atomic E-state index is 12.2. The van der Waals surface area contributed by atoms with E-state index in [9.17, 15) is 23.3 Å². The highest BCUT2D eigenvalue weighted by molar-refractivity contribution is 6.37. The van der Waals surface area contributed by atoms with Gasteiger partial charge in [0.15, 0.2) is 0 Å². The summed E-state index contributed by atoms with van der Waals surface area (Å²) in [5, 5.41) is 8.61. The van der Waals surface area contributed by atoms with Gasteiger partial charge in [-0.15, -0.1) is 0 Å². The molecule has 1 aromatic rings. The maximum Gasteiger partial charge on any atom is 0.419 e. The molecule has 4 nitrogen and oxygen atoms in total. The van der Waals surface area contributed by atoms with Crippen molar-refractivity contribution in [1.29, 1.82) is 0 Å². The summed E-state index contributed by atoms with van der Waals surface area (Å²) in [7, 11) is 0. The third-order valence-electron chi connectivity index (χ3n) is 1.43. The van der Waals surface area contributed by atoms with Crippen molar-refractivity contribution in [1.82, 2.24) is 4.98 Å². The maximum atomic E-state index is 12.2. The molecule has 0 fully saturated rings. The molecule has 0 radical (unpaired) electrons. The summed E-state index contributed by atoms with van der Waals surface area (Å²) in [6.07, 6.45) is -4.46. The molecular formula is C6HCl2F3N2O2. The number of pyridine rings is 1. The molecular weight excluding hydrogens is 260 g/mol. The van der Waals surface area contributed by atoms with Gasteiger partial charge in [-0.1, -0.05) is 23.2 Å². The molecule has 0 unspecified atom stereocenters. The second-order valence-corrected chi connectivity index (χ2v) is 3.12. The minimum absolute atomic E-state index is 0.345. The van der Waals surface area contributed by atoms with Gasteiger partial charge in [0.25, 0.3) is 0 Å². The lowest BCUT2D eigenvalue weighted by atomic mass is 10.2. The molecule has 0 atom stereocenters. The van der Waals surface area contributed by atoms with Crippen molar-refractivity contribution in [3.05, 3.63) is 32.1 Å². The van der Waals surface area contributed by atoms with Gasteiger partial charge in [0.05, 0.1) is 10.5 Å². The van der Waals surface area contributed by atoms with Gasteiger partial charge in [0.2, 0.25) is 5.15 Å². The first-order valence-electron chi connectivity index (χ1n) is 3.30. The highest BCUT2D eigenvalue weighted by Crippen LogP contribution is 2.40. The predicted octanol–water partition coefficient (Wildman–Crippen LogP) is 3.32. The zero-order chi connectivity index (χ0) is 11.8. The highest BCUT2D eigenvalue weighted by atomic mass is 35.5. The highest BCUT2D eigenvalue weighted by Gasteiger charge is 2.38. The Labute approximate surface area is 90.8 Å². The van der Waals surface area contributed by atoms with Crippen LogP contribution in [0.15, 0.2) is 6.20 Å². The third-order valence-corrected chi connectivity index (χ3v) is 2.09. The van der Waals surface area contributed by atoms with E-state index >= 15 is 0 Å². The van der Waals surface area contributed by atoms with E-state index in [4.69, 9.17) is 23.2 Å². The summed E-state index contributed by atoms with van der Waals surface area (Å²) in [6.45, 7) is 0. The number of halogens is 5. The summed E-state index contributed by atoms with van der Waals surface area (Å²) < 4.78 is 36.7. The van der Waals surface area contributed by atoms with Gasteiger partial charge < -0.3 is 0 Å². The van der Waals surface area contributed by atoms with Crippen molar-refractivity contribution < 1.29 is 18.1 Å². The average molecular weight is 261 g/mol. The van der Waals surface area contributed by atoms with Gasteiger partial charge in [0, 0.05) is 6.20 Å². The fourth-order valence-corrected chi connectivity index (χ4v) is 1.39. The topological polar surface area (TPSA) is 56.0 Å². The van der Waals surface area contributed by atoms with E-state index in [-0.39, 0.29) is 0 Å². The number of hydrogen-bond acceptors (Lipinski definition) is 3. The average Bonchev–Trinajstić information content (AvgIpc) is 2.00. The Balaban J connectivity index is 3.49. The van der Waals surface area contributed by atoms with Gasteiger partial charge in [-0.05, 0) is 0 Å². The quantitative estimate of drug-likeness (QED) is 0.442. The van der Waals surface area contributed by atoms with E-state index < -0.39 is 32.5 Å². The molecule has 1 heterocycles. The summed E-state index contributed by atoms with van der Waals surface area (Å²) in [4.78, 5) is 12.3.